The van der Waals surface area contributed by atoms with E-state index in [4.69, 9.17) is 23.7 Å². The topological polar surface area (TPSA) is 316 Å². The van der Waals surface area contributed by atoms with E-state index in [0.717, 1.165) is 13.8 Å². The van der Waals surface area contributed by atoms with Gasteiger partial charge in [-0.3, -0.25) is 28.8 Å². The zero-order chi connectivity index (χ0) is 65.6. The van der Waals surface area contributed by atoms with Crippen molar-refractivity contribution >= 4 is 47.1 Å². The lowest BCUT2D eigenvalue weighted by Crippen LogP contribution is -2.82. The molecule has 0 unspecified atom stereocenters. The average molecular weight is 1250 g/mol. The van der Waals surface area contributed by atoms with Crippen molar-refractivity contribution in [2.45, 2.75) is 172 Å². The Morgan fingerprint density at radius 2 is 1.40 bits per heavy atom. The molecule has 90 heavy (non-hydrogen) atoms. The molecule has 3 aromatic rings. The summed E-state index contributed by atoms with van der Waals surface area (Å²) in [5.41, 5.74) is -12.2. The normalized spacial score (nSPS) is 38.3. The second-order valence-electron chi connectivity index (χ2n) is 27.1. The number of aliphatic hydroxyl groups is 6. The van der Waals surface area contributed by atoms with Crippen LogP contribution in [0.5, 0.6) is 0 Å². The number of benzene rings is 3. The summed E-state index contributed by atoms with van der Waals surface area (Å²) in [5, 5.41) is 72.2. The molecule has 19 atom stereocenters. The summed E-state index contributed by atoms with van der Waals surface area (Å²) < 4.78 is 47.1. The molecule has 1 saturated heterocycles. The number of allylic oxidation sites excluding steroid dienone is 4. The van der Waals surface area contributed by atoms with Crippen molar-refractivity contribution in [1.29, 1.82) is 0 Å². The van der Waals surface area contributed by atoms with Crippen molar-refractivity contribution in [3.8, 4) is 0 Å². The number of hydrogen-bond acceptors (Lipinski definition) is 19. The summed E-state index contributed by atoms with van der Waals surface area (Å²) >= 11 is 0. The molecule has 6 fully saturated rings. The number of alkyl halides is 1. The van der Waals surface area contributed by atoms with Crippen LogP contribution in [0.3, 0.4) is 0 Å². The second kappa shape index (κ2) is 23.5. The van der Waals surface area contributed by atoms with Gasteiger partial charge in [0.25, 0.3) is 5.91 Å². The van der Waals surface area contributed by atoms with E-state index in [-0.39, 0.29) is 53.4 Å². The van der Waals surface area contributed by atoms with Gasteiger partial charge in [-0.25, -0.2) is 14.0 Å². The third kappa shape index (κ3) is 9.94. The van der Waals surface area contributed by atoms with Gasteiger partial charge in [0.1, 0.15) is 36.1 Å². The molecule has 1 aliphatic heterocycles. The van der Waals surface area contributed by atoms with Crippen LogP contribution in [0, 0.1) is 45.3 Å². The number of esters is 4. The number of ketones is 3. The minimum Gasteiger partial charge on any atom is -0.456 e. The number of amides is 1. The Labute approximate surface area is 520 Å². The zero-order valence-corrected chi connectivity index (χ0v) is 51.8. The predicted molar refractivity (Wildman–Crippen MR) is 318 cm³/mol. The highest BCUT2D eigenvalue weighted by atomic mass is 19.1. The first kappa shape index (κ1) is 65.8. The summed E-state index contributed by atoms with van der Waals surface area (Å²) in [6, 6.07) is 22.9. The molecule has 2 bridgehead atoms. The Kier molecular flexibility index (Phi) is 17.2. The van der Waals surface area contributed by atoms with Crippen LogP contribution >= 0.6 is 0 Å². The lowest BCUT2D eigenvalue weighted by Gasteiger charge is -2.67. The van der Waals surface area contributed by atoms with Crippen molar-refractivity contribution in [1.82, 2.24) is 5.32 Å². The van der Waals surface area contributed by atoms with E-state index in [2.05, 4.69) is 5.32 Å². The Hall–Kier alpha value is -7.11. The van der Waals surface area contributed by atoms with Gasteiger partial charge in [0.15, 0.2) is 40.8 Å². The maximum Gasteiger partial charge on any atom is 0.338 e. The molecule has 11 rings (SSSR count). The van der Waals surface area contributed by atoms with E-state index in [1.54, 1.807) is 120 Å². The molecular formula is C69H80FNO19. The number of carbonyl (C=O) groups excluding carboxylic acids is 8. The third-order valence-electron chi connectivity index (χ3n) is 22.3. The van der Waals surface area contributed by atoms with Gasteiger partial charge >= 0.3 is 23.9 Å². The molecule has 5 saturated carbocycles. The summed E-state index contributed by atoms with van der Waals surface area (Å²) in [6.45, 7) is 12.5. The van der Waals surface area contributed by atoms with E-state index >= 15 is 9.18 Å². The van der Waals surface area contributed by atoms with Gasteiger partial charge in [-0.1, -0.05) is 106 Å². The molecule has 1 amide bonds. The van der Waals surface area contributed by atoms with Crippen molar-refractivity contribution in [2.75, 3.05) is 13.2 Å². The highest BCUT2D eigenvalue weighted by Crippen LogP contribution is 2.71. The third-order valence-corrected chi connectivity index (χ3v) is 22.3. The van der Waals surface area contributed by atoms with E-state index in [1.165, 1.54) is 38.1 Å². The van der Waals surface area contributed by atoms with E-state index < -0.39 is 165 Å². The minimum atomic E-state index is -2.39. The molecule has 0 radical (unpaired) electrons. The van der Waals surface area contributed by atoms with Gasteiger partial charge in [0.2, 0.25) is 0 Å². The monoisotopic (exact) mass is 1250 g/mol. The second-order valence-corrected chi connectivity index (χ2v) is 27.1. The summed E-state index contributed by atoms with van der Waals surface area (Å²) in [4.78, 5) is 108. The van der Waals surface area contributed by atoms with Crippen molar-refractivity contribution in [3.63, 3.8) is 0 Å². The van der Waals surface area contributed by atoms with Crippen molar-refractivity contribution in [2.24, 2.45) is 45.3 Å². The number of ether oxygens (including phenoxy) is 5. The highest BCUT2D eigenvalue weighted by molar-refractivity contribution is 6.01. The quantitative estimate of drug-likeness (QED) is 0.0656. The van der Waals surface area contributed by atoms with Crippen LogP contribution in [-0.4, -0.2) is 156 Å². The smallest absolute Gasteiger partial charge is 0.338 e. The van der Waals surface area contributed by atoms with Gasteiger partial charge in [-0.05, 0) is 111 Å². The van der Waals surface area contributed by atoms with Gasteiger partial charge in [0.05, 0.1) is 41.8 Å². The van der Waals surface area contributed by atoms with E-state index in [9.17, 15) is 64.2 Å². The number of rotatable bonds is 12. The maximum absolute atomic E-state index is 16.9. The molecule has 8 aliphatic rings. The maximum atomic E-state index is 16.9. The molecule has 7 N–H and O–H groups in total. The van der Waals surface area contributed by atoms with Gasteiger partial charge in [-0.2, -0.15) is 0 Å². The molecule has 0 spiro atoms. The number of Topliss-reactive ketones (excluding diaryl/α,β-unsaturated/α-hetero) is 2. The summed E-state index contributed by atoms with van der Waals surface area (Å²) in [5.74, 6) is -8.96. The lowest BCUT2D eigenvalue weighted by atomic mass is 9.44. The summed E-state index contributed by atoms with van der Waals surface area (Å²) in [6.07, 6.45) is -6.07. The largest absolute Gasteiger partial charge is 0.456 e. The van der Waals surface area contributed by atoms with Crippen LogP contribution in [-0.2, 0) is 52.5 Å². The minimum absolute atomic E-state index is 0.00289. The molecule has 3 aromatic carbocycles. The fourth-order valence-electron chi connectivity index (χ4n) is 17.4. The van der Waals surface area contributed by atoms with Crippen LogP contribution < -0.4 is 5.32 Å². The van der Waals surface area contributed by atoms with Crippen LogP contribution in [0.25, 0.3) is 0 Å². The van der Waals surface area contributed by atoms with E-state index in [1.807, 2.05) is 0 Å². The Morgan fingerprint density at radius 1 is 0.789 bits per heavy atom. The fraction of sp³-hybridized carbons (Fsp3) is 0.536. The molecule has 7 aliphatic carbocycles. The first-order valence-corrected chi connectivity index (χ1v) is 30.6. The average Bonchev–Trinajstić information content (AvgIpc) is 1.07. The SMILES string of the molecule is CC(=O)O[C@H]1C(=O)[C@@]2(C)[C@H]([C@H](OC(=O)c3ccccc3)[C@]3(O)C[C@H](OC(=O)[C@H](O)[C@@H](NC(=O)c4ccccc4)c4ccccc4)C(C)=C1C3(C)C)[C@]1(OC(C)=O)CO[C@@H]1C[C@@H]2O.C[C@@H]1C[C@H]2[C@@H]3CCC4=CC(=O)C=C[C@]4(C)[C@@]3(F)[C@@H](O)C[C@]2(C)[C@@]1(O)C(=O)CO. The van der Waals surface area contributed by atoms with Gasteiger partial charge in [-0.15, -0.1) is 0 Å². The van der Waals surface area contributed by atoms with Crippen LogP contribution in [0.15, 0.2) is 126 Å². The molecule has 482 valence electrons. The van der Waals surface area contributed by atoms with Crippen LogP contribution in [0.1, 0.15) is 133 Å². The Balaban J connectivity index is 0.000000264. The number of fused-ring (bicyclic) bond motifs is 10. The molecular weight excluding hydrogens is 1170 g/mol. The molecule has 20 nitrogen and oxygen atoms in total. The van der Waals surface area contributed by atoms with Gasteiger partial charge in [0, 0.05) is 54.4 Å². The first-order valence-electron chi connectivity index (χ1n) is 30.6. The van der Waals surface area contributed by atoms with Crippen LogP contribution in [0.4, 0.5) is 4.39 Å². The first-order chi connectivity index (χ1) is 42.2. The number of hydrogen-bond donors (Lipinski definition) is 7. The molecule has 0 aromatic heterocycles. The van der Waals surface area contributed by atoms with Crippen molar-refractivity contribution in [3.05, 3.63) is 143 Å². The number of nitrogens with one attached hydrogen (secondary N) is 1. The van der Waals surface area contributed by atoms with Crippen LogP contribution in [0.2, 0.25) is 0 Å². The molecule has 1 heterocycles. The number of halogens is 1. The lowest BCUT2D eigenvalue weighted by molar-refractivity contribution is -0.346. The van der Waals surface area contributed by atoms with Crippen molar-refractivity contribution < 1.29 is 97.1 Å². The highest BCUT2D eigenvalue weighted by Gasteiger charge is 2.79. The number of aliphatic hydroxyl groups excluding tert-OH is 4. The summed E-state index contributed by atoms with van der Waals surface area (Å²) in [7, 11) is 0. The number of carbonyl (C=O) groups is 8. The fourth-order valence-corrected chi connectivity index (χ4v) is 17.4. The Bertz CT molecular complexity index is 3480. The zero-order valence-electron chi connectivity index (χ0n) is 51.8. The molecule has 21 heteroatoms. The predicted octanol–water partition coefficient (Wildman–Crippen LogP) is 5.63. The van der Waals surface area contributed by atoms with E-state index in [0.29, 0.717) is 30.4 Å². The Morgan fingerprint density at radius 3 is 1.98 bits per heavy atom. The standard InChI is InChI=1S/C47H51NO14.C22H29FO5/c1-25-31(60-43(56)36(52)35(28-16-10-7-11-17-28)48-41(54)29-18-12-8-13-19-29)23-47(57)40(61-42(55)30-20-14-9-15-21-30)38-45(6,32(51)22-33-46(38,24-58-33)62-27(3)50)39(53)37(59-26(2)49)34(25)44(47,4)5;1-12-8-16-15-5-4-13-9-14(25)6-7-19(13,2)21(15,23)17(26)10-20(16,3)22(12,28)18(27)11-24/h7-21,31-33,35-38,40,51-52,57H,22-24H2,1-6H3,(H,48,54);6-7,9,12,15-17,24,26,28H,4-5,8,10-11H2,1-3H3/t31-,32-,33+,35-,36+,37+,38-,40-,45+,46-,47+;12-,15+,16+,17+,19+,20+,21+,22+/m01/s1. The van der Waals surface area contributed by atoms with Gasteiger partial charge < -0.3 is 59.6 Å².